The van der Waals surface area contributed by atoms with E-state index in [1.165, 1.54) is 99.6 Å². The van der Waals surface area contributed by atoms with Crippen molar-refractivity contribution in [1.82, 2.24) is 0 Å². The first kappa shape index (κ1) is 25.1. The Morgan fingerprint density at radius 2 is 0.864 bits per heavy atom. The predicted molar refractivity (Wildman–Crippen MR) is 89.9 cm³/mol. The summed E-state index contributed by atoms with van der Waals surface area (Å²) < 4.78 is 2.71. The summed E-state index contributed by atoms with van der Waals surface area (Å²) in [5.74, 6) is 0. The minimum absolute atomic E-state index is 0. The fourth-order valence-corrected chi connectivity index (χ4v) is 3.72. The van der Waals surface area contributed by atoms with E-state index in [0.717, 1.165) is 0 Å². The van der Waals surface area contributed by atoms with E-state index in [0.29, 0.717) is 0 Å². The van der Waals surface area contributed by atoms with E-state index in [9.17, 15) is 0 Å². The molecule has 22 heavy (non-hydrogen) atoms. The van der Waals surface area contributed by atoms with Crippen molar-refractivity contribution in [3.05, 3.63) is 0 Å². The van der Waals surface area contributed by atoms with Crippen LogP contribution in [0.25, 0.3) is 0 Å². The molecule has 2 aliphatic rings. The van der Waals surface area contributed by atoms with Gasteiger partial charge in [-0.1, -0.05) is 26.7 Å². The molecule has 0 radical (unpaired) electrons. The van der Waals surface area contributed by atoms with Crippen LogP contribution in [0.1, 0.15) is 65.2 Å². The van der Waals surface area contributed by atoms with Crippen molar-refractivity contribution in [2.45, 2.75) is 65.2 Å². The lowest BCUT2D eigenvalue weighted by Gasteiger charge is -2.28. The van der Waals surface area contributed by atoms with Gasteiger partial charge in [0.1, 0.15) is 0 Å². The highest BCUT2D eigenvalue weighted by Gasteiger charge is 2.25. The first-order valence-corrected chi connectivity index (χ1v) is 9.21. The number of hydrogen-bond donors (Lipinski definition) is 0. The molecule has 136 valence electrons. The highest BCUT2D eigenvalue weighted by Crippen LogP contribution is 2.17. The van der Waals surface area contributed by atoms with E-state index in [1.54, 1.807) is 0 Å². The molecule has 0 aromatic heterocycles. The summed E-state index contributed by atoms with van der Waals surface area (Å²) >= 11 is 0. The molecule has 2 heterocycles. The Morgan fingerprint density at radius 1 is 0.591 bits per heavy atom. The van der Waals surface area contributed by atoms with Gasteiger partial charge in [-0.25, -0.2) is 0 Å². The van der Waals surface area contributed by atoms with Gasteiger partial charge in [-0.15, -0.1) is 0 Å². The molecule has 0 atom stereocenters. The first-order chi connectivity index (χ1) is 9.54. The zero-order valence-electron chi connectivity index (χ0n) is 15.5. The Balaban J connectivity index is 0. The average molecular weight is 444 g/mol. The van der Waals surface area contributed by atoms with Crippen LogP contribution in [-0.2, 0) is 0 Å². The molecule has 0 aromatic rings. The Hall–Kier alpha value is 0.880. The minimum atomic E-state index is 0. The second-order valence-corrected chi connectivity index (χ2v) is 7.70. The molecule has 0 saturated carbocycles. The second-order valence-electron chi connectivity index (χ2n) is 7.70. The number of nitrogens with zero attached hydrogens (tertiary/aromatic N) is 2. The van der Waals surface area contributed by atoms with Crippen molar-refractivity contribution in [2.75, 3.05) is 53.4 Å². The number of likely N-dealkylation sites (tertiary alicyclic amines) is 2. The summed E-state index contributed by atoms with van der Waals surface area (Å²) in [6, 6.07) is 0. The summed E-state index contributed by atoms with van der Waals surface area (Å²) in [6.45, 7) is 13.1. The Kier molecular flexibility index (Phi) is 15.1. The number of hydrogen-bond acceptors (Lipinski definition) is 0. The molecule has 0 amide bonds. The van der Waals surface area contributed by atoms with Gasteiger partial charge in [0.2, 0.25) is 0 Å². The predicted octanol–water partition coefficient (Wildman–Crippen LogP) is -1.94. The zero-order valence-corrected chi connectivity index (χ0v) is 18.7. The highest BCUT2D eigenvalue weighted by molar-refractivity contribution is 4.52. The van der Waals surface area contributed by atoms with Crippen LogP contribution in [0, 0.1) is 0 Å². The van der Waals surface area contributed by atoms with Crippen molar-refractivity contribution >= 4 is 0 Å². The highest BCUT2D eigenvalue weighted by atomic mass is 79.9. The fourth-order valence-electron chi connectivity index (χ4n) is 3.72. The van der Waals surface area contributed by atoms with Gasteiger partial charge in [-0.2, -0.15) is 0 Å². The summed E-state index contributed by atoms with van der Waals surface area (Å²) in [5.41, 5.74) is 0. The average Bonchev–Trinajstić information content (AvgIpc) is 3.05. The maximum Gasteiger partial charge on any atom is 0.0786 e. The van der Waals surface area contributed by atoms with Crippen LogP contribution in [0.2, 0.25) is 0 Å². The number of halogens is 2. The molecule has 2 saturated heterocycles. The molecule has 0 aromatic carbocycles. The van der Waals surface area contributed by atoms with Crippen molar-refractivity contribution < 1.29 is 42.9 Å². The SMILES string of the molecule is CCCC[N+]1(C)CCCC1.CCCC[N+]1(C)CCCC1.[Br-].[Br-]. The van der Waals surface area contributed by atoms with Crippen LogP contribution in [-0.4, -0.2) is 62.3 Å². The Bertz CT molecular complexity index is 221. The van der Waals surface area contributed by atoms with Crippen molar-refractivity contribution in [3.8, 4) is 0 Å². The topological polar surface area (TPSA) is 0 Å². The van der Waals surface area contributed by atoms with E-state index in [2.05, 4.69) is 27.9 Å². The van der Waals surface area contributed by atoms with Crippen LogP contribution in [0.3, 0.4) is 0 Å². The summed E-state index contributed by atoms with van der Waals surface area (Å²) in [4.78, 5) is 0. The molecule has 4 heteroatoms. The molecular weight excluding hydrogens is 404 g/mol. The minimum Gasteiger partial charge on any atom is -1.00 e. The Morgan fingerprint density at radius 3 is 1.09 bits per heavy atom. The molecule has 0 aliphatic carbocycles. The molecule has 0 N–H and O–H groups in total. The number of rotatable bonds is 6. The maximum atomic E-state index is 2.41. The van der Waals surface area contributed by atoms with Gasteiger partial charge in [-0.3, -0.25) is 0 Å². The first-order valence-electron chi connectivity index (χ1n) is 9.21. The standard InChI is InChI=1S/2C9H20N.2BrH/c2*1-3-4-7-10(2)8-5-6-9-10;;/h2*3-9H2,1-2H3;2*1H/q2*+1;;/p-2. The summed E-state index contributed by atoms with van der Waals surface area (Å²) in [6.07, 6.45) is 11.4. The molecule has 2 nitrogen and oxygen atoms in total. The van der Waals surface area contributed by atoms with E-state index in [-0.39, 0.29) is 34.0 Å². The van der Waals surface area contributed by atoms with Gasteiger partial charge in [0, 0.05) is 25.7 Å². The molecule has 0 unspecified atom stereocenters. The Labute approximate surface area is 161 Å². The van der Waals surface area contributed by atoms with Gasteiger partial charge < -0.3 is 42.9 Å². The second kappa shape index (κ2) is 13.2. The molecule has 2 aliphatic heterocycles. The molecule has 2 fully saturated rings. The third-order valence-electron chi connectivity index (χ3n) is 5.39. The smallest absolute Gasteiger partial charge is 0.0786 e. The van der Waals surface area contributed by atoms with Crippen molar-refractivity contribution in [1.29, 1.82) is 0 Å². The van der Waals surface area contributed by atoms with E-state index < -0.39 is 0 Å². The molecular formula is C18H40Br2N2. The van der Waals surface area contributed by atoms with Crippen molar-refractivity contribution in [2.24, 2.45) is 0 Å². The lowest BCUT2D eigenvalue weighted by Crippen LogP contribution is -3.00. The van der Waals surface area contributed by atoms with Crippen molar-refractivity contribution in [3.63, 3.8) is 0 Å². The fraction of sp³-hybridized carbons (Fsp3) is 1.00. The maximum absolute atomic E-state index is 2.41. The van der Waals surface area contributed by atoms with Gasteiger partial charge in [0.15, 0.2) is 0 Å². The summed E-state index contributed by atoms with van der Waals surface area (Å²) in [7, 11) is 4.81. The molecule has 0 bridgehead atoms. The van der Waals surface area contributed by atoms with Gasteiger partial charge in [-0.05, 0) is 12.8 Å². The van der Waals surface area contributed by atoms with Crippen LogP contribution >= 0.6 is 0 Å². The molecule has 2 rings (SSSR count). The van der Waals surface area contributed by atoms with Gasteiger partial charge >= 0.3 is 0 Å². The van der Waals surface area contributed by atoms with E-state index in [4.69, 9.17) is 0 Å². The van der Waals surface area contributed by atoms with Crippen LogP contribution in [0.4, 0.5) is 0 Å². The monoisotopic (exact) mass is 442 g/mol. The van der Waals surface area contributed by atoms with E-state index >= 15 is 0 Å². The van der Waals surface area contributed by atoms with Crippen LogP contribution < -0.4 is 34.0 Å². The third-order valence-corrected chi connectivity index (χ3v) is 5.39. The summed E-state index contributed by atoms with van der Waals surface area (Å²) in [5, 5.41) is 0. The molecule has 0 spiro atoms. The lowest BCUT2D eigenvalue weighted by molar-refractivity contribution is -0.897. The quantitative estimate of drug-likeness (QED) is 0.419. The van der Waals surface area contributed by atoms with E-state index in [1.807, 2.05) is 0 Å². The lowest BCUT2D eigenvalue weighted by atomic mass is 10.3. The number of unbranched alkanes of at least 4 members (excludes halogenated alkanes) is 2. The number of quaternary nitrogens is 2. The third kappa shape index (κ3) is 9.89. The largest absolute Gasteiger partial charge is 1.00 e. The van der Waals surface area contributed by atoms with Gasteiger partial charge in [0.05, 0.1) is 53.4 Å². The van der Waals surface area contributed by atoms with Gasteiger partial charge in [0.25, 0.3) is 0 Å². The normalized spacial score (nSPS) is 21.3. The van der Waals surface area contributed by atoms with Crippen LogP contribution in [0.15, 0.2) is 0 Å². The van der Waals surface area contributed by atoms with Crippen LogP contribution in [0.5, 0.6) is 0 Å². The zero-order chi connectivity index (χ0) is 14.9.